The van der Waals surface area contributed by atoms with E-state index in [4.69, 9.17) is 0 Å². The van der Waals surface area contributed by atoms with E-state index < -0.39 is 0 Å². The number of anilines is 3. The summed E-state index contributed by atoms with van der Waals surface area (Å²) in [6, 6.07) is 91.0. The second kappa shape index (κ2) is 15.3. The van der Waals surface area contributed by atoms with Crippen LogP contribution in [0.4, 0.5) is 17.1 Å². The molecule has 11 aromatic rings. The van der Waals surface area contributed by atoms with Crippen molar-refractivity contribution in [2.45, 2.75) is 12.3 Å². The molecule has 1 heterocycles. The average Bonchev–Trinajstić information content (AvgIpc) is 3.85. The summed E-state index contributed by atoms with van der Waals surface area (Å²) in [5.41, 5.74) is 20.1. The lowest BCUT2D eigenvalue weighted by molar-refractivity contribution is 0.714. The van der Waals surface area contributed by atoms with Gasteiger partial charge in [-0.05, 0) is 106 Å². The topological polar surface area (TPSA) is 8.17 Å². The maximum Gasteiger partial charge on any atom is 0.0543 e. The van der Waals surface area contributed by atoms with Crippen molar-refractivity contribution in [1.82, 2.24) is 4.57 Å². The molecule has 2 nitrogen and oxygen atoms in total. The van der Waals surface area contributed by atoms with Gasteiger partial charge in [0.2, 0.25) is 0 Å². The number of hydrogen-bond donors (Lipinski definition) is 0. The summed E-state index contributed by atoms with van der Waals surface area (Å²) in [6.45, 7) is 2.40. The molecule has 12 rings (SSSR count). The molecule has 0 bridgehead atoms. The van der Waals surface area contributed by atoms with Crippen LogP contribution < -0.4 is 4.90 Å². The summed E-state index contributed by atoms with van der Waals surface area (Å²) in [5, 5.41) is 2.51. The quantitative estimate of drug-likeness (QED) is 0.148. The molecule has 1 unspecified atom stereocenters. The van der Waals surface area contributed by atoms with E-state index in [9.17, 15) is 0 Å². The van der Waals surface area contributed by atoms with Gasteiger partial charge in [-0.2, -0.15) is 0 Å². The Hall–Kier alpha value is -8.20. The number of hydrogen-bond acceptors (Lipinski definition) is 1. The average molecular weight is 817 g/mol. The van der Waals surface area contributed by atoms with Crippen LogP contribution in [-0.4, -0.2) is 4.57 Å². The van der Waals surface area contributed by atoms with Crippen LogP contribution in [0.1, 0.15) is 23.6 Å². The summed E-state index contributed by atoms with van der Waals surface area (Å²) in [4.78, 5) is 2.51. The van der Waals surface area contributed by atoms with Crippen molar-refractivity contribution in [2.24, 2.45) is 0 Å². The molecule has 0 spiro atoms. The van der Waals surface area contributed by atoms with E-state index in [1.807, 2.05) is 0 Å². The predicted molar refractivity (Wildman–Crippen MR) is 269 cm³/mol. The highest BCUT2D eigenvalue weighted by Crippen LogP contribution is 2.57. The Balaban J connectivity index is 1.10. The van der Waals surface area contributed by atoms with E-state index in [-0.39, 0.29) is 5.41 Å². The highest BCUT2D eigenvalue weighted by Gasteiger charge is 2.42. The van der Waals surface area contributed by atoms with E-state index in [0.29, 0.717) is 0 Å². The second-order valence-electron chi connectivity index (χ2n) is 16.9. The van der Waals surface area contributed by atoms with Crippen molar-refractivity contribution >= 4 is 38.9 Å². The lowest BCUT2D eigenvalue weighted by Crippen LogP contribution is -2.22. The minimum absolute atomic E-state index is 0.345. The lowest BCUT2D eigenvalue weighted by atomic mass is 9.74. The normalized spacial score (nSPS) is 14.1. The second-order valence-corrected chi connectivity index (χ2v) is 16.9. The molecule has 0 saturated carbocycles. The SMILES string of the molecule is CC1(c2ccccc2)c2ccccc2-c2c(N(c3ccc(-n4c5ccccc5c5ccccc54)cc3)c3ccccc3-c3ccccc3-c3ccccc3-c3ccccc3)cccc21. The first-order chi connectivity index (χ1) is 31.7. The standard InChI is InChI=1S/C62H44N2/c1-62(44-23-6-3-7-24-44)55-33-16-12-32-54(55)61-56(62)34-20-38-60(61)64(46-41-39-45(40-42-46)63-58-36-18-14-30-52(58)53-31-15-19-37-59(53)63)57-35-17-13-29-51(57)50-28-11-10-27-49(50)48-26-9-8-25-47(48)43-21-4-2-5-22-43/h2-42H,1H3. The van der Waals surface area contributed by atoms with Crippen LogP contribution in [0.2, 0.25) is 0 Å². The Kier molecular flexibility index (Phi) is 8.98. The molecular weight excluding hydrogens is 773 g/mol. The van der Waals surface area contributed by atoms with Crippen LogP contribution in [0.5, 0.6) is 0 Å². The van der Waals surface area contributed by atoms with Crippen LogP contribution in [0, 0.1) is 0 Å². The van der Waals surface area contributed by atoms with Gasteiger partial charge in [-0.3, -0.25) is 0 Å². The molecule has 0 aliphatic heterocycles. The largest absolute Gasteiger partial charge is 0.309 e. The maximum absolute atomic E-state index is 2.51. The van der Waals surface area contributed by atoms with Gasteiger partial charge in [-0.25, -0.2) is 0 Å². The van der Waals surface area contributed by atoms with Gasteiger partial charge in [0.05, 0.1) is 22.4 Å². The van der Waals surface area contributed by atoms with Crippen LogP contribution in [0.15, 0.2) is 249 Å². The number of aromatic nitrogens is 1. The zero-order chi connectivity index (χ0) is 42.6. The van der Waals surface area contributed by atoms with Crippen LogP contribution in [0.25, 0.3) is 72.0 Å². The number of fused-ring (bicyclic) bond motifs is 6. The Morgan fingerprint density at radius 3 is 1.48 bits per heavy atom. The fourth-order valence-electron chi connectivity index (χ4n) is 10.6. The van der Waals surface area contributed by atoms with Crippen LogP contribution in [0.3, 0.4) is 0 Å². The predicted octanol–water partition coefficient (Wildman–Crippen LogP) is 16.6. The van der Waals surface area contributed by atoms with Crippen molar-refractivity contribution in [3.05, 3.63) is 265 Å². The first-order valence-electron chi connectivity index (χ1n) is 22.2. The third-order valence-electron chi connectivity index (χ3n) is 13.5. The fourth-order valence-corrected chi connectivity index (χ4v) is 10.6. The van der Waals surface area contributed by atoms with E-state index in [2.05, 4.69) is 265 Å². The van der Waals surface area contributed by atoms with Gasteiger partial charge in [-0.1, -0.05) is 200 Å². The van der Waals surface area contributed by atoms with Gasteiger partial charge >= 0.3 is 0 Å². The third kappa shape index (κ3) is 5.87. The van der Waals surface area contributed by atoms with E-state index in [1.165, 1.54) is 77.4 Å². The number of nitrogens with zero attached hydrogens (tertiary/aromatic N) is 2. The third-order valence-corrected chi connectivity index (χ3v) is 13.5. The molecule has 0 radical (unpaired) electrons. The maximum atomic E-state index is 2.51. The summed E-state index contributed by atoms with van der Waals surface area (Å²) < 4.78 is 2.40. The van der Waals surface area contributed by atoms with Gasteiger partial charge in [0.25, 0.3) is 0 Å². The monoisotopic (exact) mass is 816 g/mol. The molecule has 0 amide bonds. The molecule has 1 aliphatic carbocycles. The highest BCUT2D eigenvalue weighted by atomic mass is 15.1. The first-order valence-corrected chi connectivity index (χ1v) is 22.2. The van der Waals surface area contributed by atoms with Gasteiger partial charge in [0.1, 0.15) is 0 Å². The molecule has 1 aromatic heterocycles. The van der Waals surface area contributed by atoms with Gasteiger partial charge in [-0.15, -0.1) is 0 Å². The van der Waals surface area contributed by atoms with E-state index >= 15 is 0 Å². The highest BCUT2D eigenvalue weighted by molar-refractivity contribution is 6.09. The molecule has 1 aliphatic rings. The van der Waals surface area contributed by atoms with E-state index in [1.54, 1.807) is 0 Å². The zero-order valence-electron chi connectivity index (χ0n) is 35.6. The van der Waals surface area contributed by atoms with Gasteiger partial charge in [0, 0.05) is 38.7 Å². The summed E-state index contributed by atoms with van der Waals surface area (Å²) in [7, 11) is 0. The molecular formula is C62H44N2. The Labute approximate surface area is 374 Å². The zero-order valence-corrected chi connectivity index (χ0v) is 35.6. The summed E-state index contributed by atoms with van der Waals surface area (Å²) in [6.07, 6.45) is 0. The van der Waals surface area contributed by atoms with Crippen LogP contribution >= 0.6 is 0 Å². The van der Waals surface area contributed by atoms with Crippen LogP contribution in [-0.2, 0) is 5.41 Å². The molecule has 0 fully saturated rings. The fraction of sp³-hybridized carbons (Fsp3) is 0.0323. The van der Waals surface area contributed by atoms with E-state index in [0.717, 1.165) is 28.3 Å². The molecule has 1 atom stereocenters. The van der Waals surface area contributed by atoms with Gasteiger partial charge < -0.3 is 9.47 Å². The Morgan fingerprint density at radius 1 is 0.344 bits per heavy atom. The number of rotatable bonds is 8. The molecule has 0 saturated heterocycles. The summed E-state index contributed by atoms with van der Waals surface area (Å²) >= 11 is 0. The van der Waals surface area contributed by atoms with Gasteiger partial charge in [0.15, 0.2) is 0 Å². The lowest BCUT2D eigenvalue weighted by Gasteiger charge is -2.32. The minimum Gasteiger partial charge on any atom is -0.309 e. The molecule has 2 heteroatoms. The summed E-state index contributed by atoms with van der Waals surface area (Å²) in [5.74, 6) is 0. The Morgan fingerprint density at radius 2 is 0.812 bits per heavy atom. The van der Waals surface area contributed by atoms with Crippen molar-refractivity contribution in [3.8, 4) is 50.2 Å². The van der Waals surface area contributed by atoms with Crippen molar-refractivity contribution < 1.29 is 0 Å². The molecule has 64 heavy (non-hydrogen) atoms. The van der Waals surface area contributed by atoms with Crippen molar-refractivity contribution in [2.75, 3.05) is 4.90 Å². The number of benzene rings is 10. The molecule has 10 aromatic carbocycles. The number of para-hydroxylation sites is 3. The van der Waals surface area contributed by atoms with Crippen molar-refractivity contribution in [1.29, 1.82) is 0 Å². The smallest absolute Gasteiger partial charge is 0.0543 e. The first kappa shape index (κ1) is 37.6. The molecule has 302 valence electrons. The Bertz CT molecular complexity index is 3460. The van der Waals surface area contributed by atoms with Crippen molar-refractivity contribution in [3.63, 3.8) is 0 Å². The minimum atomic E-state index is -0.345. The molecule has 0 N–H and O–H groups in total.